The Bertz CT molecular complexity index is 617. The molecular formula is C21H31NO5. The number of rotatable bonds is 5. The minimum Gasteiger partial charge on any atom is -0.443 e. The predicted molar refractivity (Wildman–Crippen MR) is 102 cm³/mol. The maximum absolute atomic E-state index is 12.6. The molecule has 0 aromatic heterocycles. The molecule has 150 valence electrons. The number of benzene rings is 1. The van der Waals surface area contributed by atoms with Gasteiger partial charge < -0.3 is 14.2 Å². The normalized spacial score (nSPS) is 19.3. The standard InChI is InChI=1S/C21H31NO5/c1-20(2,3)26-18(23)22(19(24)27-21(4,5)6)17-12-16(17)14-25-13-15-10-8-7-9-11-15/h7-11,16-17H,12-14H2,1-6H3/t16-,17+/m0/s1. The number of imide groups is 1. The monoisotopic (exact) mass is 377 g/mol. The second-order valence-electron chi connectivity index (χ2n) is 8.89. The highest BCUT2D eigenvalue weighted by atomic mass is 16.6. The fraction of sp³-hybridized carbons (Fsp3) is 0.619. The highest BCUT2D eigenvalue weighted by Gasteiger charge is 2.49. The molecule has 2 amide bonds. The molecule has 0 bridgehead atoms. The summed E-state index contributed by atoms with van der Waals surface area (Å²) in [6, 6.07) is 9.62. The quantitative estimate of drug-likeness (QED) is 0.740. The number of carbonyl (C=O) groups excluding carboxylic acids is 2. The van der Waals surface area contributed by atoms with Gasteiger partial charge in [-0.3, -0.25) is 0 Å². The molecule has 0 heterocycles. The second kappa shape index (κ2) is 8.30. The Morgan fingerprint density at radius 3 is 1.96 bits per heavy atom. The van der Waals surface area contributed by atoms with E-state index in [0.717, 1.165) is 10.5 Å². The van der Waals surface area contributed by atoms with Crippen molar-refractivity contribution in [2.24, 2.45) is 5.92 Å². The van der Waals surface area contributed by atoms with Gasteiger partial charge in [-0.1, -0.05) is 30.3 Å². The summed E-state index contributed by atoms with van der Waals surface area (Å²) >= 11 is 0. The highest BCUT2D eigenvalue weighted by Crippen LogP contribution is 2.38. The van der Waals surface area contributed by atoms with Crippen molar-refractivity contribution < 1.29 is 23.8 Å². The molecule has 1 saturated carbocycles. The van der Waals surface area contributed by atoms with E-state index in [-0.39, 0.29) is 12.0 Å². The zero-order chi connectivity index (χ0) is 20.2. The van der Waals surface area contributed by atoms with E-state index in [9.17, 15) is 9.59 Å². The van der Waals surface area contributed by atoms with Gasteiger partial charge in [0.2, 0.25) is 0 Å². The lowest BCUT2D eigenvalue weighted by Gasteiger charge is -2.29. The fourth-order valence-electron chi connectivity index (χ4n) is 2.60. The molecular weight excluding hydrogens is 346 g/mol. The predicted octanol–water partition coefficient (Wildman–Crippen LogP) is 4.76. The van der Waals surface area contributed by atoms with Crippen molar-refractivity contribution in [3.8, 4) is 0 Å². The first-order valence-electron chi connectivity index (χ1n) is 9.33. The lowest BCUT2D eigenvalue weighted by molar-refractivity contribution is -0.00248. The Hall–Kier alpha value is -2.08. The molecule has 2 atom stereocenters. The number of carbonyl (C=O) groups is 2. The van der Waals surface area contributed by atoms with E-state index in [2.05, 4.69) is 0 Å². The highest BCUT2D eigenvalue weighted by molar-refractivity contribution is 5.89. The van der Waals surface area contributed by atoms with Gasteiger partial charge in [0, 0.05) is 5.92 Å². The van der Waals surface area contributed by atoms with Crippen LogP contribution >= 0.6 is 0 Å². The van der Waals surface area contributed by atoms with Crippen LogP contribution in [-0.4, -0.2) is 40.9 Å². The molecule has 0 spiro atoms. The third kappa shape index (κ3) is 7.21. The minimum atomic E-state index is -0.689. The van der Waals surface area contributed by atoms with Gasteiger partial charge in [-0.15, -0.1) is 0 Å². The van der Waals surface area contributed by atoms with Crippen LogP contribution in [0.25, 0.3) is 0 Å². The van der Waals surface area contributed by atoms with Crippen molar-refractivity contribution in [1.29, 1.82) is 0 Å². The second-order valence-corrected chi connectivity index (χ2v) is 8.89. The smallest absolute Gasteiger partial charge is 0.420 e. The van der Waals surface area contributed by atoms with Crippen molar-refractivity contribution in [3.63, 3.8) is 0 Å². The molecule has 0 aliphatic heterocycles. The number of nitrogens with zero attached hydrogens (tertiary/aromatic N) is 1. The minimum absolute atomic E-state index is 0.0914. The third-order valence-electron chi connectivity index (χ3n) is 3.84. The molecule has 0 radical (unpaired) electrons. The van der Waals surface area contributed by atoms with Gasteiger partial charge in [0.05, 0.1) is 19.3 Å². The van der Waals surface area contributed by atoms with Crippen molar-refractivity contribution in [2.45, 2.75) is 71.8 Å². The lowest BCUT2D eigenvalue weighted by Crippen LogP contribution is -2.45. The van der Waals surface area contributed by atoms with E-state index < -0.39 is 23.4 Å². The van der Waals surface area contributed by atoms with Crippen LogP contribution in [0.15, 0.2) is 30.3 Å². The average Bonchev–Trinajstić information content (AvgIpc) is 3.23. The molecule has 6 heteroatoms. The maximum Gasteiger partial charge on any atom is 0.420 e. The zero-order valence-electron chi connectivity index (χ0n) is 17.2. The number of amides is 2. The number of hydrogen-bond acceptors (Lipinski definition) is 5. The summed E-state index contributed by atoms with van der Waals surface area (Å²) in [7, 11) is 0. The fourth-order valence-corrected chi connectivity index (χ4v) is 2.60. The van der Waals surface area contributed by atoms with Crippen LogP contribution in [0.1, 0.15) is 53.5 Å². The molecule has 1 fully saturated rings. The largest absolute Gasteiger partial charge is 0.443 e. The van der Waals surface area contributed by atoms with Crippen LogP contribution in [0, 0.1) is 5.92 Å². The molecule has 1 aliphatic carbocycles. The van der Waals surface area contributed by atoms with Crippen molar-refractivity contribution >= 4 is 12.2 Å². The molecule has 0 unspecified atom stereocenters. The first kappa shape index (κ1) is 21.2. The van der Waals surface area contributed by atoms with E-state index in [1.807, 2.05) is 30.3 Å². The zero-order valence-corrected chi connectivity index (χ0v) is 17.2. The Kier molecular flexibility index (Phi) is 6.52. The average molecular weight is 377 g/mol. The summed E-state index contributed by atoms with van der Waals surface area (Å²) in [4.78, 5) is 26.2. The topological polar surface area (TPSA) is 65.1 Å². The lowest BCUT2D eigenvalue weighted by atomic mass is 10.2. The van der Waals surface area contributed by atoms with Gasteiger partial charge in [0.1, 0.15) is 11.2 Å². The number of hydrogen-bond donors (Lipinski definition) is 0. The summed E-state index contributed by atoms with van der Waals surface area (Å²) < 4.78 is 16.6. The Labute approximate surface area is 161 Å². The van der Waals surface area contributed by atoms with E-state index in [4.69, 9.17) is 14.2 Å². The van der Waals surface area contributed by atoms with Crippen LogP contribution in [0.4, 0.5) is 9.59 Å². The van der Waals surface area contributed by atoms with Crippen LogP contribution in [-0.2, 0) is 20.8 Å². The summed E-state index contributed by atoms with van der Waals surface area (Å²) in [6.07, 6.45) is -0.660. The molecule has 0 N–H and O–H groups in total. The summed E-state index contributed by atoms with van der Waals surface area (Å²) in [5.41, 5.74) is -0.289. The van der Waals surface area contributed by atoms with E-state index >= 15 is 0 Å². The van der Waals surface area contributed by atoms with Gasteiger partial charge in [0.15, 0.2) is 0 Å². The van der Waals surface area contributed by atoms with Crippen LogP contribution in [0.2, 0.25) is 0 Å². The maximum atomic E-state index is 12.6. The Balaban J connectivity index is 1.95. The van der Waals surface area contributed by atoms with Gasteiger partial charge in [-0.2, -0.15) is 0 Å². The molecule has 27 heavy (non-hydrogen) atoms. The SMILES string of the molecule is CC(C)(C)OC(=O)N(C(=O)OC(C)(C)C)[C@@H]1C[C@H]1COCc1ccccc1. The van der Waals surface area contributed by atoms with Crippen LogP contribution in [0.5, 0.6) is 0 Å². The molecule has 0 saturated heterocycles. The van der Waals surface area contributed by atoms with Crippen LogP contribution in [0.3, 0.4) is 0 Å². The van der Waals surface area contributed by atoms with Crippen LogP contribution < -0.4 is 0 Å². The van der Waals surface area contributed by atoms with E-state index in [0.29, 0.717) is 19.6 Å². The summed E-state index contributed by atoms with van der Waals surface area (Å²) in [5.74, 6) is 0.0914. The molecule has 1 aliphatic rings. The first-order chi connectivity index (χ1) is 12.5. The van der Waals surface area contributed by atoms with Crippen molar-refractivity contribution in [3.05, 3.63) is 35.9 Å². The van der Waals surface area contributed by atoms with Crippen molar-refractivity contribution in [1.82, 2.24) is 4.90 Å². The van der Waals surface area contributed by atoms with Gasteiger partial charge in [-0.25, -0.2) is 14.5 Å². The Morgan fingerprint density at radius 1 is 0.963 bits per heavy atom. The Morgan fingerprint density at radius 2 is 1.48 bits per heavy atom. The molecule has 6 nitrogen and oxygen atoms in total. The molecule has 1 aromatic rings. The molecule has 2 rings (SSSR count). The van der Waals surface area contributed by atoms with Crippen molar-refractivity contribution in [2.75, 3.05) is 6.61 Å². The summed E-state index contributed by atoms with van der Waals surface area (Å²) in [5, 5.41) is 0. The first-order valence-corrected chi connectivity index (χ1v) is 9.33. The number of ether oxygens (including phenoxy) is 3. The van der Waals surface area contributed by atoms with Gasteiger partial charge >= 0.3 is 12.2 Å². The summed E-state index contributed by atoms with van der Waals surface area (Å²) in [6.45, 7) is 11.6. The van der Waals surface area contributed by atoms with Gasteiger partial charge in [-0.05, 0) is 53.5 Å². The molecule has 1 aromatic carbocycles. The third-order valence-corrected chi connectivity index (χ3v) is 3.84. The van der Waals surface area contributed by atoms with Gasteiger partial charge in [0.25, 0.3) is 0 Å². The van der Waals surface area contributed by atoms with E-state index in [1.54, 1.807) is 41.5 Å². The van der Waals surface area contributed by atoms with E-state index in [1.165, 1.54) is 0 Å².